The zero-order chi connectivity index (χ0) is 39.0. The van der Waals surface area contributed by atoms with Gasteiger partial charge in [-0.1, -0.05) is 158 Å². The summed E-state index contributed by atoms with van der Waals surface area (Å²) in [6.07, 6.45) is 2.04. The molecule has 2 heterocycles. The predicted octanol–water partition coefficient (Wildman–Crippen LogP) is 12.9. The molecule has 2 aromatic heterocycles. The summed E-state index contributed by atoms with van der Waals surface area (Å²) in [4.78, 5) is 19.8. The Labute approximate surface area is 338 Å². The van der Waals surface area contributed by atoms with E-state index in [1.807, 2.05) is 43.5 Å². The number of benzene rings is 7. The highest BCUT2D eigenvalue weighted by molar-refractivity contribution is 5.97. The maximum absolute atomic E-state index is 5.14. The van der Waals surface area contributed by atoms with Gasteiger partial charge in [0.15, 0.2) is 11.6 Å². The van der Waals surface area contributed by atoms with E-state index < -0.39 is 5.41 Å². The third-order valence-electron chi connectivity index (χ3n) is 12.3. The van der Waals surface area contributed by atoms with E-state index in [4.69, 9.17) is 19.9 Å². The minimum atomic E-state index is -0.515. The second-order valence-corrected chi connectivity index (χ2v) is 15.4. The van der Waals surface area contributed by atoms with Gasteiger partial charge < -0.3 is 0 Å². The van der Waals surface area contributed by atoms with E-state index in [1.165, 1.54) is 77.9 Å². The minimum absolute atomic E-state index is 0.515. The summed E-state index contributed by atoms with van der Waals surface area (Å²) in [5.41, 5.74) is 20.8. The smallest absolute Gasteiger partial charge is 0.163 e. The van der Waals surface area contributed by atoms with Crippen molar-refractivity contribution in [2.45, 2.75) is 26.2 Å². The zero-order valence-corrected chi connectivity index (χ0v) is 32.5. The molecule has 274 valence electrons. The molecule has 0 aliphatic heterocycles. The number of fused-ring (bicyclic) bond motifs is 10. The summed E-state index contributed by atoms with van der Waals surface area (Å²) < 4.78 is 0. The maximum atomic E-state index is 5.14. The zero-order valence-electron chi connectivity index (χ0n) is 32.5. The molecule has 2 aliphatic carbocycles. The average molecular weight is 743 g/mol. The first-order chi connectivity index (χ1) is 28.5. The number of aryl methyl sites for hydroxylation is 1. The van der Waals surface area contributed by atoms with Gasteiger partial charge in [-0.25, -0.2) is 15.0 Å². The Morgan fingerprint density at radius 3 is 1.59 bits per heavy atom. The van der Waals surface area contributed by atoms with Gasteiger partial charge in [0.1, 0.15) is 5.82 Å². The summed E-state index contributed by atoms with van der Waals surface area (Å²) in [6.45, 7) is 6.36. The molecule has 0 N–H and O–H groups in total. The van der Waals surface area contributed by atoms with Gasteiger partial charge in [-0.2, -0.15) is 0 Å². The average Bonchev–Trinajstić information content (AvgIpc) is 3.74. The van der Waals surface area contributed by atoms with Gasteiger partial charge >= 0.3 is 0 Å². The largest absolute Gasteiger partial charge is 0.255 e. The topological polar surface area (TPSA) is 51.6 Å². The molecule has 0 bridgehead atoms. The van der Waals surface area contributed by atoms with Gasteiger partial charge in [0.05, 0.1) is 11.1 Å². The lowest BCUT2D eigenvalue weighted by Crippen LogP contribution is -2.25. The standard InChI is InChI=1S/C54H38N4/c1-33-34(2)51(55-32-46(33)36-16-6-4-7-17-36)44-23-11-10-20-40(44)38-27-29-49-45(30-38)42-22-13-15-25-48(42)54(49)47-24-14-12-21-41(47)43-28-26-39(31-50(43)54)53-57-35(3)56-52(58-53)37-18-8-5-9-19-37/h4-32H,1-3H3. The summed E-state index contributed by atoms with van der Waals surface area (Å²) in [5, 5.41) is 0. The van der Waals surface area contributed by atoms with Crippen molar-refractivity contribution in [1.82, 2.24) is 19.9 Å². The van der Waals surface area contributed by atoms with Crippen LogP contribution in [-0.4, -0.2) is 19.9 Å². The second kappa shape index (κ2) is 13.1. The van der Waals surface area contributed by atoms with Crippen LogP contribution in [-0.2, 0) is 5.41 Å². The third-order valence-corrected chi connectivity index (χ3v) is 12.3. The quantitative estimate of drug-likeness (QED) is 0.176. The van der Waals surface area contributed by atoms with Crippen molar-refractivity contribution in [2.24, 2.45) is 0 Å². The van der Waals surface area contributed by atoms with Gasteiger partial charge in [-0.15, -0.1) is 0 Å². The molecule has 9 aromatic rings. The summed E-state index contributed by atoms with van der Waals surface area (Å²) in [5.74, 6) is 2.05. The predicted molar refractivity (Wildman–Crippen MR) is 235 cm³/mol. The van der Waals surface area contributed by atoms with Crippen LogP contribution in [0, 0.1) is 20.8 Å². The van der Waals surface area contributed by atoms with E-state index >= 15 is 0 Å². The molecule has 4 nitrogen and oxygen atoms in total. The number of pyridine rings is 1. The molecule has 4 heteroatoms. The van der Waals surface area contributed by atoms with Gasteiger partial charge in [-0.3, -0.25) is 4.98 Å². The van der Waals surface area contributed by atoms with Crippen molar-refractivity contribution in [3.63, 3.8) is 0 Å². The van der Waals surface area contributed by atoms with E-state index in [0.29, 0.717) is 17.5 Å². The van der Waals surface area contributed by atoms with E-state index in [1.54, 1.807) is 0 Å². The Bertz CT molecular complexity index is 3100. The lowest BCUT2D eigenvalue weighted by Gasteiger charge is -2.30. The molecular formula is C54H38N4. The monoisotopic (exact) mass is 742 g/mol. The Morgan fingerprint density at radius 2 is 0.879 bits per heavy atom. The van der Waals surface area contributed by atoms with Crippen molar-refractivity contribution in [3.8, 4) is 78.5 Å². The fourth-order valence-electron chi connectivity index (χ4n) is 9.60. The van der Waals surface area contributed by atoms with Crippen molar-refractivity contribution in [2.75, 3.05) is 0 Å². The van der Waals surface area contributed by atoms with Crippen LogP contribution in [0.2, 0.25) is 0 Å². The lowest BCUT2D eigenvalue weighted by molar-refractivity contribution is 0.794. The van der Waals surface area contributed by atoms with Crippen LogP contribution >= 0.6 is 0 Å². The Hall–Kier alpha value is -7.30. The SMILES string of the molecule is Cc1nc(-c2ccccc2)nc(-c2ccc3c(c2)C2(c4ccccc4-c4cc(-c5ccccc5-c5ncc(-c6ccccc6)c(C)c5C)ccc42)c2ccccc2-3)n1. The number of aromatic nitrogens is 4. The first-order valence-corrected chi connectivity index (χ1v) is 19.9. The molecule has 11 rings (SSSR count). The summed E-state index contributed by atoms with van der Waals surface area (Å²) in [6, 6.07) is 61.2. The molecule has 0 saturated carbocycles. The fourth-order valence-corrected chi connectivity index (χ4v) is 9.60. The molecule has 1 spiro atoms. The van der Waals surface area contributed by atoms with Gasteiger partial charge in [-0.05, 0) is 105 Å². The minimum Gasteiger partial charge on any atom is -0.255 e. The van der Waals surface area contributed by atoms with Crippen molar-refractivity contribution in [1.29, 1.82) is 0 Å². The summed E-state index contributed by atoms with van der Waals surface area (Å²) >= 11 is 0. The van der Waals surface area contributed by atoms with E-state index in [9.17, 15) is 0 Å². The first kappa shape index (κ1) is 34.0. The van der Waals surface area contributed by atoms with Crippen LogP contribution in [0.4, 0.5) is 0 Å². The maximum Gasteiger partial charge on any atom is 0.163 e. The highest BCUT2D eigenvalue weighted by atomic mass is 15.0. The van der Waals surface area contributed by atoms with E-state index in [0.717, 1.165) is 22.4 Å². The van der Waals surface area contributed by atoms with Crippen molar-refractivity contribution < 1.29 is 0 Å². The van der Waals surface area contributed by atoms with Crippen LogP contribution in [0.3, 0.4) is 0 Å². The van der Waals surface area contributed by atoms with Gasteiger partial charge in [0, 0.05) is 28.5 Å². The highest BCUT2D eigenvalue weighted by Crippen LogP contribution is 2.63. The Balaban J connectivity index is 1.09. The lowest BCUT2D eigenvalue weighted by atomic mass is 9.70. The molecule has 0 saturated heterocycles. The molecule has 58 heavy (non-hydrogen) atoms. The molecule has 0 amide bonds. The van der Waals surface area contributed by atoms with Crippen molar-refractivity contribution in [3.05, 3.63) is 215 Å². The van der Waals surface area contributed by atoms with Crippen LogP contribution in [0.25, 0.3) is 78.5 Å². The third kappa shape index (κ3) is 5.01. The Kier molecular flexibility index (Phi) is 7.70. The molecule has 2 aliphatic rings. The van der Waals surface area contributed by atoms with Gasteiger partial charge in [0.25, 0.3) is 0 Å². The van der Waals surface area contributed by atoms with Crippen LogP contribution in [0.5, 0.6) is 0 Å². The molecule has 0 fully saturated rings. The molecule has 1 unspecified atom stereocenters. The second-order valence-electron chi connectivity index (χ2n) is 15.4. The molecule has 7 aromatic carbocycles. The number of hydrogen-bond acceptors (Lipinski definition) is 4. The first-order valence-electron chi connectivity index (χ1n) is 19.9. The van der Waals surface area contributed by atoms with E-state index in [2.05, 4.69) is 153 Å². The number of rotatable bonds is 5. The van der Waals surface area contributed by atoms with Crippen LogP contribution in [0.1, 0.15) is 39.2 Å². The van der Waals surface area contributed by atoms with Crippen LogP contribution < -0.4 is 0 Å². The highest BCUT2D eigenvalue weighted by Gasteiger charge is 2.51. The number of hydrogen-bond donors (Lipinski definition) is 0. The van der Waals surface area contributed by atoms with Crippen molar-refractivity contribution >= 4 is 0 Å². The number of nitrogens with zero attached hydrogens (tertiary/aromatic N) is 4. The summed E-state index contributed by atoms with van der Waals surface area (Å²) in [7, 11) is 0. The van der Waals surface area contributed by atoms with Crippen LogP contribution in [0.15, 0.2) is 176 Å². The fraction of sp³-hybridized carbons (Fsp3) is 0.0741. The molecule has 1 atom stereocenters. The molecule has 0 radical (unpaired) electrons. The normalized spacial score (nSPS) is 14.5. The molecular weight excluding hydrogens is 705 g/mol. The Morgan fingerprint density at radius 1 is 0.345 bits per heavy atom. The van der Waals surface area contributed by atoms with Gasteiger partial charge in [0.2, 0.25) is 0 Å². The van der Waals surface area contributed by atoms with E-state index in [-0.39, 0.29) is 0 Å².